The third kappa shape index (κ3) is 3.84. The molecule has 0 atom stereocenters. The van der Waals surface area contributed by atoms with E-state index in [-0.39, 0.29) is 35.7 Å². The van der Waals surface area contributed by atoms with Gasteiger partial charge in [0.2, 0.25) is 0 Å². The van der Waals surface area contributed by atoms with E-state index in [0.29, 0.717) is 5.56 Å². The Bertz CT molecular complexity index is 511. The Hall–Kier alpha value is -2.30. The topological polar surface area (TPSA) is 77.3 Å². The molecule has 100 valence electrons. The number of hydrogen-bond acceptors (Lipinski definition) is 4. The zero-order valence-corrected chi connectivity index (χ0v) is 10.9. The van der Waals surface area contributed by atoms with E-state index in [1.54, 1.807) is 13.8 Å². The molecular formula is C14H15NO4. The summed E-state index contributed by atoms with van der Waals surface area (Å²) < 4.78 is 0. The summed E-state index contributed by atoms with van der Waals surface area (Å²) in [7, 11) is 0. The van der Waals surface area contributed by atoms with Crippen molar-refractivity contribution in [2.75, 3.05) is 0 Å². The molecule has 0 saturated heterocycles. The van der Waals surface area contributed by atoms with Crippen LogP contribution in [0.25, 0.3) is 6.08 Å². The minimum absolute atomic E-state index is 0.0256. The lowest BCUT2D eigenvalue weighted by atomic mass is 10.00. The lowest BCUT2D eigenvalue weighted by Crippen LogP contribution is -2.10. The van der Waals surface area contributed by atoms with Gasteiger partial charge in [0.05, 0.1) is 10.5 Å². The van der Waals surface area contributed by atoms with E-state index in [1.165, 1.54) is 30.3 Å². The van der Waals surface area contributed by atoms with Gasteiger partial charge >= 0.3 is 0 Å². The van der Waals surface area contributed by atoms with Crippen molar-refractivity contribution in [2.45, 2.75) is 26.7 Å². The van der Waals surface area contributed by atoms with Gasteiger partial charge in [0, 0.05) is 25.0 Å². The van der Waals surface area contributed by atoms with Crippen LogP contribution < -0.4 is 0 Å². The number of Topliss-reactive ketones (excluding diaryl/α,β-unsaturated/α-hetero) is 2. The molecule has 0 spiro atoms. The van der Waals surface area contributed by atoms with Gasteiger partial charge in [-0.2, -0.15) is 0 Å². The molecule has 0 N–H and O–H groups in total. The lowest BCUT2D eigenvalue weighted by Gasteiger charge is -2.02. The first-order valence-electron chi connectivity index (χ1n) is 6.02. The first-order chi connectivity index (χ1) is 8.99. The first-order valence-corrected chi connectivity index (χ1v) is 6.02. The molecule has 0 aromatic heterocycles. The molecule has 0 bridgehead atoms. The van der Waals surface area contributed by atoms with Crippen LogP contribution in [0, 0.1) is 10.1 Å². The van der Waals surface area contributed by atoms with Gasteiger partial charge in [-0.3, -0.25) is 19.7 Å². The third-order valence-electron chi connectivity index (χ3n) is 2.66. The highest BCUT2D eigenvalue weighted by Gasteiger charge is 2.15. The van der Waals surface area contributed by atoms with Gasteiger partial charge in [-0.15, -0.1) is 0 Å². The Morgan fingerprint density at radius 2 is 1.58 bits per heavy atom. The first kappa shape index (κ1) is 14.8. The Kier molecular flexibility index (Phi) is 5.11. The van der Waals surface area contributed by atoms with Crippen LogP contribution in [0.3, 0.4) is 0 Å². The highest BCUT2D eigenvalue weighted by molar-refractivity contribution is 6.23. The van der Waals surface area contributed by atoms with Crippen molar-refractivity contribution in [3.05, 3.63) is 45.5 Å². The zero-order valence-electron chi connectivity index (χ0n) is 10.9. The van der Waals surface area contributed by atoms with E-state index in [9.17, 15) is 19.7 Å². The van der Waals surface area contributed by atoms with Crippen LogP contribution in [0.5, 0.6) is 0 Å². The number of nitro groups is 1. The highest BCUT2D eigenvalue weighted by Crippen LogP contribution is 2.16. The minimum Gasteiger partial charge on any atom is -0.294 e. The van der Waals surface area contributed by atoms with E-state index in [4.69, 9.17) is 0 Å². The summed E-state index contributed by atoms with van der Waals surface area (Å²) in [6.45, 7) is 3.38. The fourth-order valence-electron chi connectivity index (χ4n) is 1.56. The molecule has 0 unspecified atom stereocenters. The average molecular weight is 261 g/mol. The molecule has 0 amide bonds. The van der Waals surface area contributed by atoms with Gasteiger partial charge in [0.1, 0.15) is 0 Å². The van der Waals surface area contributed by atoms with Crippen molar-refractivity contribution in [1.29, 1.82) is 0 Å². The van der Waals surface area contributed by atoms with Crippen molar-refractivity contribution < 1.29 is 14.5 Å². The zero-order chi connectivity index (χ0) is 14.4. The van der Waals surface area contributed by atoms with Crippen molar-refractivity contribution in [3.63, 3.8) is 0 Å². The maximum Gasteiger partial charge on any atom is 0.269 e. The fourth-order valence-corrected chi connectivity index (χ4v) is 1.56. The van der Waals surface area contributed by atoms with Crippen LogP contribution in [0.1, 0.15) is 32.3 Å². The number of carbonyl (C=O) groups is 2. The third-order valence-corrected chi connectivity index (χ3v) is 2.66. The standard InChI is InChI=1S/C14H15NO4/c1-3-13(16)12(14(17)4-2)9-10-5-7-11(8-6-10)15(18)19/h5-9H,3-4H2,1-2H3. The van der Waals surface area contributed by atoms with Crippen molar-refractivity contribution in [2.24, 2.45) is 0 Å². The predicted octanol–water partition coefficient (Wildman–Crippen LogP) is 2.94. The van der Waals surface area contributed by atoms with Crippen LogP contribution in [0.4, 0.5) is 5.69 Å². The molecule has 0 aliphatic carbocycles. The molecule has 1 aromatic rings. The SMILES string of the molecule is CCC(=O)C(=Cc1ccc([N+](=O)[O-])cc1)C(=O)CC. The van der Waals surface area contributed by atoms with Crippen LogP contribution in [-0.4, -0.2) is 16.5 Å². The van der Waals surface area contributed by atoms with E-state index < -0.39 is 4.92 Å². The largest absolute Gasteiger partial charge is 0.294 e. The molecule has 0 heterocycles. The van der Waals surface area contributed by atoms with Gasteiger partial charge < -0.3 is 0 Å². The van der Waals surface area contributed by atoms with Crippen molar-refractivity contribution in [3.8, 4) is 0 Å². The Labute approximate surface area is 111 Å². The number of hydrogen-bond donors (Lipinski definition) is 0. The van der Waals surface area contributed by atoms with Crippen LogP contribution in [-0.2, 0) is 9.59 Å². The van der Waals surface area contributed by atoms with E-state index in [2.05, 4.69) is 0 Å². The number of allylic oxidation sites excluding steroid dienone is 1. The molecule has 0 fully saturated rings. The van der Waals surface area contributed by atoms with Crippen molar-refractivity contribution in [1.82, 2.24) is 0 Å². The number of non-ortho nitro benzene ring substituents is 1. The maximum absolute atomic E-state index is 11.7. The summed E-state index contributed by atoms with van der Waals surface area (Å²) in [6, 6.07) is 5.72. The van der Waals surface area contributed by atoms with Gasteiger partial charge in [-0.1, -0.05) is 13.8 Å². The molecule has 1 aromatic carbocycles. The molecule has 0 aliphatic rings. The molecule has 0 radical (unpaired) electrons. The predicted molar refractivity (Wildman–Crippen MR) is 71.7 cm³/mol. The quantitative estimate of drug-likeness (QED) is 0.259. The summed E-state index contributed by atoms with van der Waals surface area (Å²) in [6.07, 6.45) is 2.00. The second-order valence-electron chi connectivity index (χ2n) is 3.96. The molecular weight excluding hydrogens is 246 g/mol. The Morgan fingerprint density at radius 3 is 1.95 bits per heavy atom. The van der Waals surface area contributed by atoms with Gasteiger partial charge in [0.15, 0.2) is 11.6 Å². The fraction of sp³-hybridized carbons (Fsp3) is 0.286. The average Bonchev–Trinajstić information content (AvgIpc) is 2.43. The Morgan fingerprint density at radius 1 is 1.11 bits per heavy atom. The minimum atomic E-state index is -0.497. The number of rotatable bonds is 6. The normalized spacial score (nSPS) is 9.79. The molecule has 1 rings (SSSR count). The second kappa shape index (κ2) is 6.58. The molecule has 0 saturated carbocycles. The van der Waals surface area contributed by atoms with Gasteiger partial charge in [-0.25, -0.2) is 0 Å². The number of ketones is 2. The van der Waals surface area contributed by atoms with Gasteiger partial charge in [-0.05, 0) is 23.8 Å². The van der Waals surface area contributed by atoms with Crippen molar-refractivity contribution >= 4 is 23.3 Å². The van der Waals surface area contributed by atoms with E-state index in [0.717, 1.165) is 0 Å². The van der Waals surface area contributed by atoms with E-state index in [1.807, 2.05) is 0 Å². The van der Waals surface area contributed by atoms with Crippen LogP contribution in [0.2, 0.25) is 0 Å². The molecule has 0 aliphatic heterocycles. The summed E-state index contributed by atoms with van der Waals surface area (Å²) >= 11 is 0. The number of carbonyl (C=O) groups excluding carboxylic acids is 2. The smallest absolute Gasteiger partial charge is 0.269 e. The second-order valence-corrected chi connectivity index (χ2v) is 3.96. The number of benzene rings is 1. The Balaban J connectivity index is 3.11. The van der Waals surface area contributed by atoms with Crippen LogP contribution in [0.15, 0.2) is 29.8 Å². The maximum atomic E-state index is 11.7. The number of nitro benzene ring substituents is 1. The van der Waals surface area contributed by atoms with Gasteiger partial charge in [0.25, 0.3) is 5.69 Å². The monoisotopic (exact) mass is 261 g/mol. The van der Waals surface area contributed by atoms with Crippen LogP contribution >= 0.6 is 0 Å². The molecule has 19 heavy (non-hydrogen) atoms. The number of nitrogens with zero attached hydrogens (tertiary/aromatic N) is 1. The summed E-state index contributed by atoms with van der Waals surface area (Å²) in [5, 5.41) is 10.5. The molecule has 5 heteroatoms. The highest BCUT2D eigenvalue weighted by atomic mass is 16.6. The summed E-state index contributed by atoms with van der Waals surface area (Å²) in [5.41, 5.74) is 0.727. The molecule has 5 nitrogen and oxygen atoms in total. The lowest BCUT2D eigenvalue weighted by molar-refractivity contribution is -0.384. The summed E-state index contributed by atoms with van der Waals surface area (Å²) in [5.74, 6) is -0.435. The van der Waals surface area contributed by atoms with E-state index >= 15 is 0 Å². The summed E-state index contributed by atoms with van der Waals surface area (Å²) in [4.78, 5) is 33.4.